The van der Waals surface area contributed by atoms with E-state index in [2.05, 4.69) is 15.9 Å². The van der Waals surface area contributed by atoms with Gasteiger partial charge in [-0.05, 0) is 54.4 Å². The molecule has 0 unspecified atom stereocenters. The summed E-state index contributed by atoms with van der Waals surface area (Å²) in [5, 5.41) is 0. The van der Waals surface area contributed by atoms with Crippen LogP contribution in [0.4, 0.5) is 0 Å². The van der Waals surface area contributed by atoms with Gasteiger partial charge in [0.2, 0.25) is 0 Å². The summed E-state index contributed by atoms with van der Waals surface area (Å²) < 4.78 is 6.79. The molecule has 3 heteroatoms. The first-order chi connectivity index (χ1) is 8.19. The molecular formula is C14H12BrClO. The van der Waals surface area contributed by atoms with E-state index < -0.39 is 0 Å². The topological polar surface area (TPSA) is 9.23 Å². The van der Waals surface area contributed by atoms with E-state index in [1.807, 2.05) is 49.4 Å². The van der Waals surface area contributed by atoms with Crippen LogP contribution in [0.25, 0.3) is 0 Å². The van der Waals surface area contributed by atoms with Crippen molar-refractivity contribution in [2.45, 2.75) is 12.8 Å². The maximum absolute atomic E-state index is 5.82. The predicted octanol–water partition coefficient (Wildman–Crippen LogP) is 5.29. The molecule has 0 aliphatic rings. The summed E-state index contributed by atoms with van der Waals surface area (Å²) in [6.45, 7) is 2.03. The number of hydrogen-bond donors (Lipinski definition) is 0. The average molecular weight is 312 g/mol. The van der Waals surface area contributed by atoms with Crippen molar-refractivity contribution in [3.63, 3.8) is 0 Å². The fourth-order valence-electron chi connectivity index (χ4n) is 1.52. The molecule has 0 N–H and O–H groups in total. The lowest BCUT2D eigenvalue weighted by molar-refractivity contribution is 0.482. The third kappa shape index (κ3) is 3.24. The van der Waals surface area contributed by atoms with Gasteiger partial charge in [0.05, 0.1) is 0 Å². The minimum atomic E-state index is 0.532. The second-order valence-electron chi connectivity index (χ2n) is 3.78. The van der Waals surface area contributed by atoms with Crippen LogP contribution in [0.5, 0.6) is 11.5 Å². The van der Waals surface area contributed by atoms with Gasteiger partial charge in [-0.3, -0.25) is 0 Å². The van der Waals surface area contributed by atoms with E-state index in [9.17, 15) is 0 Å². The predicted molar refractivity (Wildman–Crippen MR) is 75.0 cm³/mol. The van der Waals surface area contributed by atoms with Crippen LogP contribution in [-0.4, -0.2) is 0 Å². The Bertz CT molecular complexity index is 508. The maximum atomic E-state index is 5.82. The molecule has 0 aliphatic heterocycles. The van der Waals surface area contributed by atoms with Crippen molar-refractivity contribution in [2.75, 3.05) is 0 Å². The number of rotatable bonds is 3. The normalized spacial score (nSPS) is 10.3. The Kier molecular flexibility index (Phi) is 4.08. The number of alkyl halides is 1. The van der Waals surface area contributed by atoms with Crippen LogP contribution in [0.2, 0.25) is 0 Å². The summed E-state index contributed by atoms with van der Waals surface area (Å²) in [5.41, 5.74) is 2.28. The molecule has 88 valence electrons. The highest BCUT2D eigenvalue weighted by atomic mass is 79.9. The minimum absolute atomic E-state index is 0.532. The molecule has 2 aromatic carbocycles. The molecule has 2 rings (SSSR count). The molecule has 0 amide bonds. The lowest BCUT2D eigenvalue weighted by Crippen LogP contribution is -1.88. The standard InChI is InChI=1S/C14H12BrClO/c1-10-8-14(5-2-11(10)9-16)17-13-6-3-12(15)4-7-13/h2-8H,9H2,1H3. The summed E-state index contributed by atoms with van der Waals surface area (Å²) in [7, 11) is 0. The third-order valence-corrected chi connectivity index (χ3v) is 3.32. The van der Waals surface area contributed by atoms with Gasteiger partial charge >= 0.3 is 0 Å². The highest BCUT2D eigenvalue weighted by Gasteiger charge is 2.01. The van der Waals surface area contributed by atoms with Crippen LogP contribution in [-0.2, 0) is 5.88 Å². The van der Waals surface area contributed by atoms with Crippen molar-refractivity contribution >= 4 is 27.5 Å². The Hall–Kier alpha value is -0.990. The smallest absolute Gasteiger partial charge is 0.127 e. The lowest BCUT2D eigenvalue weighted by Gasteiger charge is -2.08. The van der Waals surface area contributed by atoms with E-state index >= 15 is 0 Å². The van der Waals surface area contributed by atoms with Crippen molar-refractivity contribution < 1.29 is 4.74 Å². The molecule has 0 atom stereocenters. The van der Waals surface area contributed by atoms with Crippen molar-refractivity contribution in [3.8, 4) is 11.5 Å². The maximum Gasteiger partial charge on any atom is 0.127 e. The average Bonchev–Trinajstić information content (AvgIpc) is 2.32. The summed E-state index contributed by atoms with van der Waals surface area (Å²) in [6.07, 6.45) is 0. The van der Waals surface area contributed by atoms with Crippen LogP contribution in [0.1, 0.15) is 11.1 Å². The summed E-state index contributed by atoms with van der Waals surface area (Å²) >= 11 is 9.21. The van der Waals surface area contributed by atoms with Gasteiger partial charge in [-0.15, -0.1) is 11.6 Å². The highest BCUT2D eigenvalue weighted by Crippen LogP contribution is 2.25. The van der Waals surface area contributed by atoms with Crippen LogP contribution < -0.4 is 4.74 Å². The molecule has 0 aromatic heterocycles. The lowest BCUT2D eigenvalue weighted by atomic mass is 10.1. The third-order valence-electron chi connectivity index (χ3n) is 2.51. The second kappa shape index (κ2) is 5.56. The van der Waals surface area contributed by atoms with Crippen LogP contribution in [0.3, 0.4) is 0 Å². The SMILES string of the molecule is Cc1cc(Oc2ccc(Br)cc2)ccc1CCl. The zero-order valence-electron chi connectivity index (χ0n) is 9.41. The first kappa shape index (κ1) is 12.5. The van der Waals surface area contributed by atoms with Gasteiger partial charge < -0.3 is 4.74 Å². The number of halogens is 2. The molecule has 0 radical (unpaired) electrons. The van der Waals surface area contributed by atoms with E-state index in [1.165, 1.54) is 0 Å². The number of benzene rings is 2. The molecule has 1 nitrogen and oxygen atoms in total. The van der Waals surface area contributed by atoms with Gasteiger partial charge in [-0.25, -0.2) is 0 Å². The zero-order valence-corrected chi connectivity index (χ0v) is 11.8. The molecule has 17 heavy (non-hydrogen) atoms. The summed E-state index contributed by atoms with van der Waals surface area (Å²) in [5.74, 6) is 2.19. The minimum Gasteiger partial charge on any atom is -0.457 e. The Morgan fingerprint density at radius 3 is 2.29 bits per heavy atom. The van der Waals surface area contributed by atoms with Gasteiger partial charge in [0.1, 0.15) is 11.5 Å². The molecule has 0 saturated heterocycles. The zero-order chi connectivity index (χ0) is 12.3. The fraction of sp³-hybridized carbons (Fsp3) is 0.143. The Morgan fingerprint density at radius 1 is 1.06 bits per heavy atom. The van der Waals surface area contributed by atoms with Gasteiger partial charge in [0, 0.05) is 10.4 Å². The largest absolute Gasteiger partial charge is 0.457 e. The summed E-state index contributed by atoms with van der Waals surface area (Å²) in [6, 6.07) is 13.7. The van der Waals surface area contributed by atoms with E-state index in [-0.39, 0.29) is 0 Å². The van der Waals surface area contributed by atoms with E-state index in [4.69, 9.17) is 16.3 Å². The van der Waals surface area contributed by atoms with Crippen LogP contribution in [0.15, 0.2) is 46.9 Å². The van der Waals surface area contributed by atoms with Crippen molar-refractivity contribution in [2.24, 2.45) is 0 Å². The molecule has 0 aliphatic carbocycles. The Balaban J connectivity index is 2.19. The molecule has 0 saturated carbocycles. The number of ether oxygens (including phenoxy) is 1. The first-order valence-electron chi connectivity index (χ1n) is 5.28. The number of hydrogen-bond acceptors (Lipinski definition) is 1. The van der Waals surface area contributed by atoms with Gasteiger partial charge in [-0.2, -0.15) is 0 Å². The molecule has 0 fully saturated rings. The van der Waals surface area contributed by atoms with Crippen molar-refractivity contribution in [3.05, 3.63) is 58.1 Å². The Morgan fingerprint density at radius 2 is 1.71 bits per heavy atom. The highest BCUT2D eigenvalue weighted by molar-refractivity contribution is 9.10. The van der Waals surface area contributed by atoms with Crippen LogP contribution >= 0.6 is 27.5 Å². The van der Waals surface area contributed by atoms with E-state index in [0.29, 0.717) is 5.88 Å². The molecule has 0 heterocycles. The first-order valence-corrected chi connectivity index (χ1v) is 6.60. The second-order valence-corrected chi connectivity index (χ2v) is 4.96. The van der Waals surface area contributed by atoms with Gasteiger partial charge in [-0.1, -0.05) is 22.0 Å². The van der Waals surface area contributed by atoms with Crippen molar-refractivity contribution in [1.82, 2.24) is 0 Å². The summed E-state index contributed by atoms with van der Waals surface area (Å²) in [4.78, 5) is 0. The molecular weight excluding hydrogens is 300 g/mol. The fourth-order valence-corrected chi connectivity index (χ4v) is 2.08. The molecule has 0 bridgehead atoms. The van der Waals surface area contributed by atoms with E-state index in [1.54, 1.807) is 0 Å². The molecule has 2 aromatic rings. The van der Waals surface area contributed by atoms with Gasteiger partial charge in [0.15, 0.2) is 0 Å². The van der Waals surface area contributed by atoms with Gasteiger partial charge in [0.25, 0.3) is 0 Å². The van der Waals surface area contributed by atoms with E-state index in [0.717, 1.165) is 27.1 Å². The van der Waals surface area contributed by atoms with Crippen LogP contribution in [0, 0.1) is 6.92 Å². The Labute approximate surface area is 115 Å². The molecule has 0 spiro atoms. The quantitative estimate of drug-likeness (QED) is 0.700. The monoisotopic (exact) mass is 310 g/mol. The van der Waals surface area contributed by atoms with Crippen molar-refractivity contribution in [1.29, 1.82) is 0 Å². The number of aryl methyl sites for hydroxylation is 1.